The molecule has 2 amide bonds. The summed E-state index contributed by atoms with van der Waals surface area (Å²) in [5.74, 6) is -0.413. The van der Waals surface area contributed by atoms with Gasteiger partial charge >= 0.3 is 12.0 Å². The van der Waals surface area contributed by atoms with Gasteiger partial charge in [-0.1, -0.05) is 47.5 Å². The Morgan fingerprint density at radius 2 is 1.79 bits per heavy atom. The van der Waals surface area contributed by atoms with Crippen LogP contribution in [-0.4, -0.2) is 56.2 Å². The van der Waals surface area contributed by atoms with Crippen LogP contribution >= 0.6 is 11.6 Å². The van der Waals surface area contributed by atoms with Gasteiger partial charge in [-0.2, -0.15) is 0 Å². The molecule has 34 heavy (non-hydrogen) atoms. The zero-order chi connectivity index (χ0) is 24.2. The molecule has 0 radical (unpaired) electrons. The van der Waals surface area contributed by atoms with Gasteiger partial charge in [-0.3, -0.25) is 4.90 Å². The van der Waals surface area contributed by atoms with Crippen LogP contribution in [0, 0.1) is 13.8 Å². The second-order valence-corrected chi connectivity index (χ2v) is 9.19. The van der Waals surface area contributed by atoms with E-state index < -0.39 is 12.0 Å². The summed E-state index contributed by atoms with van der Waals surface area (Å²) in [4.78, 5) is 30.1. The molecule has 0 aliphatic carbocycles. The van der Waals surface area contributed by atoms with Gasteiger partial charge in [0.25, 0.3) is 0 Å². The summed E-state index contributed by atoms with van der Waals surface area (Å²) in [6, 6.07) is 12.9. The van der Waals surface area contributed by atoms with Crippen molar-refractivity contribution in [3.63, 3.8) is 0 Å². The molecular weight excluding hydrogens is 452 g/mol. The summed E-state index contributed by atoms with van der Waals surface area (Å²) in [6.07, 6.45) is 0. The van der Waals surface area contributed by atoms with Crippen LogP contribution in [0.4, 0.5) is 10.5 Å². The van der Waals surface area contributed by atoms with E-state index >= 15 is 0 Å². The molecule has 1 fully saturated rings. The molecule has 0 saturated carbocycles. The Bertz CT molecular complexity index is 1090. The lowest BCUT2D eigenvalue weighted by atomic mass is 9.94. The molecule has 0 aromatic heterocycles. The van der Waals surface area contributed by atoms with Gasteiger partial charge in [-0.05, 0) is 44.0 Å². The van der Waals surface area contributed by atoms with E-state index in [9.17, 15) is 9.59 Å². The van der Waals surface area contributed by atoms with Crippen molar-refractivity contribution in [1.82, 2.24) is 15.5 Å². The van der Waals surface area contributed by atoms with Gasteiger partial charge in [-0.15, -0.1) is 0 Å². The molecule has 2 aliphatic rings. The molecule has 2 aliphatic heterocycles. The summed E-state index contributed by atoms with van der Waals surface area (Å²) >= 11 is 6.22. The lowest BCUT2D eigenvalue weighted by Gasteiger charge is -2.38. The Morgan fingerprint density at radius 3 is 2.47 bits per heavy atom. The van der Waals surface area contributed by atoms with Gasteiger partial charge in [-0.25, -0.2) is 9.59 Å². The van der Waals surface area contributed by atoms with Crippen molar-refractivity contribution in [1.29, 1.82) is 0 Å². The zero-order valence-electron chi connectivity index (χ0n) is 19.9. The molecule has 180 valence electrons. The number of urea groups is 1. The van der Waals surface area contributed by atoms with Crippen molar-refractivity contribution in [2.45, 2.75) is 26.8 Å². The predicted octanol–water partition coefficient (Wildman–Crippen LogP) is 3.95. The Hall–Kier alpha value is -3.03. The number of piperazine rings is 1. The monoisotopic (exact) mass is 482 g/mol. The first kappa shape index (κ1) is 24.1. The minimum Gasteiger partial charge on any atom is -0.463 e. The van der Waals surface area contributed by atoms with Crippen molar-refractivity contribution < 1.29 is 14.3 Å². The minimum absolute atomic E-state index is 0.266. The highest BCUT2D eigenvalue weighted by Gasteiger charge is 2.34. The maximum Gasteiger partial charge on any atom is 0.338 e. The molecule has 2 aromatic rings. The number of hydrogen-bond acceptors (Lipinski definition) is 5. The number of anilines is 1. The standard InChI is InChI=1S/C26H31ClN4O3/c1-4-34-25(32)23-21(28-26(33)29-24(23)19-8-5-17(2)6-9-19)16-30-11-13-31(14-12-30)22-15-20(27)10-7-18(22)3/h5-10,15,24H,4,11-14,16H2,1-3H3,(H2,28,29,33)/t24-/m0/s1. The van der Waals surface area contributed by atoms with E-state index in [1.807, 2.05) is 49.4 Å². The highest BCUT2D eigenvalue weighted by atomic mass is 35.5. The van der Waals surface area contributed by atoms with Crippen molar-refractivity contribution >= 4 is 29.3 Å². The van der Waals surface area contributed by atoms with Crippen molar-refractivity contribution in [3.05, 3.63) is 75.4 Å². The molecule has 8 heteroatoms. The normalized spacial score (nSPS) is 19.0. The van der Waals surface area contributed by atoms with Crippen molar-refractivity contribution in [2.75, 3.05) is 44.2 Å². The lowest BCUT2D eigenvalue weighted by molar-refractivity contribution is -0.139. The van der Waals surface area contributed by atoms with Crippen molar-refractivity contribution in [3.8, 4) is 0 Å². The molecule has 2 heterocycles. The molecule has 0 unspecified atom stereocenters. The number of hydrogen-bond donors (Lipinski definition) is 2. The van der Waals surface area contributed by atoms with Crippen LogP contribution in [0.25, 0.3) is 0 Å². The molecule has 4 rings (SSSR count). The smallest absolute Gasteiger partial charge is 0.338 e. The maximum atomic E-state index is 13.0. The number of nitrogens with zero attached hydrogens (tertiary/aromatic N) is 2. The van der Waals surface area contributed by atoms with E-state index in [4.69, 9.17) is 16.3 Å². The van der Waals surface area contributed by atoms with Gasteiger partial charge < -0.3 is 20.3 Å². The summed E-state index contributed by atoms with van der Waals surface area (Å²) < 4.78 is 5.38. The Labute approximate surface area is 205 Å². The number of aryl methyl sites for hydroxylation is 2. The zero-order valence-corrected chi connectivity index (χ0v) is 20.6. The van der Waals surface area contributed by atoms with E-state index in [1.54, 1.807) is 6.92 Å². The number of carbonyl (C=O) groups excluding carboxylic acids is 2. The van der Waals surface area contributed by atoms with E-state index in [0.717, 1.165) is 48.0 Å². The first-order chi connectivity index (χ1) is 16.4. The van der Waals surface area contributed by atoms with Gasteiger partial charge in [0.1, 0.15) is 0 Å². The molecule has 2 aromatic carbocycles. The number of rotatable bonds is 6. The van der Waals surface area contributed by atoms with Crippen LogP contribution in [-0.2, 0) is 9.53 Å². The third-order valence-electron chi connectivity index (χ3n) is 6.33. The second-order valence-electron chi connectivity index (χ2n) is 8.75. The minimum atomic E-state index is -0.557. The number of amides is 2. The number of benzene rings is 2. The fourth-order valence-electron chi connectivity index (χ4n) is 4.50. The van der Waals surface area contributed by atoms with Crippen molar-refractivity contribution in [2.24, 2.45) is 0 Å². The maximum absolute atomic E-state index is 13.0. The van der Waals surface area contributed by atoms with Crippen LogP contribution in [0.15, 0.2) is 53.7 Å². The largest absolute Gasteiger partial charge is 0.463 e. The molecule has 1 atom stereocenters. The molecule has 0 bridgehead atoms. The summed E-state index contributed by atoms with van der Waals surface area (Å²) in [5.41, 5.74) is 5.35. The van der Waals surface area contributed by atoms with Crippen LogP contribution < -0.4 is 15.5 Å². The lowest BCUT2D eigenvalue weighted by Crippen LogP contribution is -2.52. The van der Waals surface area contributed by atoms with E-state index in [0.29, 0.717) is 17.8 Å². The van der Waals surface area contributed by atoms with Crippen LogP contribution in [0.5, 0.6) is 0 Å². The predicted molar refractivity (Wildman–Crippen MR) is 134 cm³/mol. The number of halogens is 1. The number of ether oxygens (including phenoxy) is 1. The Kier molecular flexibility index (Phi) is 7.44. The summed E-state index contributed by atoms with van der Waals surface area (Å²) in [6.45, 7) is 9.85. The average Bonchev–Trinajstić information content (AvgIpc) is 2.81. The number of esters is 1. The van der Waals surface area contributed by atoms with E-state index in [-0.39, 0.29) is 12.6 Å². The second kappa shape index (κ2) is 10.5. The number of carbonyl (C=O) groups is 2. The first-order valence-electron chi connectivity index (χ1n) is 11.6. The molecule has 7 nitrogen and oxygen atoms in total. The van der Waals surface area contributed by atoms with Crippen LogP contribution in [0.2, 0.25) is 5.02 Å². The SMILES string of the molecule is CCOC(=O)C1=C(CN2CCN(c3cc(Cl)ccc3C)CC2)NC(=O)N[C@H]1c1ccc(C)cc1. The average molecular weight is 483 g/mol. The van der Waals surface area contributed by atoms with Crippen LogP contribution in [0.3, 0.4) is 0 Å². The van der Waals surface area contributed by atoms with Gasteiger partial charge in [0.05, 0.1) is 18.2 Å². The Morgan fingerprint density at radius 1 is 1.09 bits per heavy atom. The third kappa shape index (κ3) is 5.37. The molecular formula is C26H31ClN4O3. The van der Waals surface area contributed by atoms with Gasteiger partial charge in [0.2, 0.25) is 0 Å². The molecule has 0 spiro atoms. The molecule has 2 N–H and O–H groups in total. The highest BCUT2D eigenvalue weighted by molar-refractivity contribution is 6.30. The summed E-state index contributed by atoms with van der Waals surface area (Å²) in [7, 11) is 0. The van der Waals surface area contributed by atoms with Gasteiger partial charge in [0, 0.05) is 49.1 Å². The quantitative estimate of drug-likeness (QED) is 0.610. The first-order valence-corrected chi connectivity index (χ1v) is 12.0. The number of nitrogens with one attached hydrogen (secondary N) is 2. The topological polar surface area (TPSA) is 73.9 Å². The highest BCUT2D eigenvalue weighted by Crippen LogP contribution is 2.29. The van der Waals surface area contributed by atoms with E-state index in [2.05, 4.69) is 27.4 Å². The van der Waals surface area contributed by atoms with Crippen LogP contribution in [0.1, 0.15) is 29.7 Å². The fourth-order valence-corrected chi connectivity index (χ4v) is 4.66. The molecule has 1 saturated heterocycles. The third-order valence-corrected chi connectivity index (χ3v) is 6.56. The Balaban J connectivity index is 1.56. The van der Waals surface area contributed by atoms with Gasteiger partial charge in [0.15, 0.2) is 0 Å². The fraction of sp³-hybridized carbons (Fsp3) is 0.385. The summed E-state index contributed by atoms with van der Waals surface area (Å²) in [5, 5.41) is 6.51. The van der Waals surface area contributed by atoms with E-state index in [1.165, 1.54) is 5.56 Å².